The van der Waals surface area contributed by atoms with Crippen molar-refractivity contribution in [1.82, 2.24) is 10.7 Å². The van der Waals surface area contributed by atoms with E-state index < -0.39 is 22.5 Å². The molecule has 0 aliphatic rings. The van der Waals surface area contributed by atoms with Gasteiger partial charge in [-0.2, -0.15) is 5.10 Å². The average molecular weight is 581 g/mol. The van der Waals surface area contributed by atoms with Gasteiger partial charge in [0.1, 0.15) is 18.1 Å². The van der Waals surface area contributed by atoms with E-state index in [0.29, 0.717) is 17.1 Å². The van der Waals surface area contributed by atoms with Gasteiger partial charge in [0.2, 0.25) is 0 Å². The van der Waals surface area contributed by atoms with E-state index in [1.54, 1.807) is 72.8 Å². The molecule has 0 unspecified atom stereocenters. The number of anilines is 1. The van der Waals surface area contributed by atoms with Crippen molar-refractivity contribution in [2.75, 3.05) is 17.5 Å². The molecule has 3 aromatic carbocycles. The number of furan rings is 1. The van der Waals surface area contributed by atoms with Gasteiger partial charge in [-0.3, -0.25) is 13.9 Å². The maximum absolute atomic E-state index is 13.3. The lowest BCUT2D eigenvalue weighted by Crippen LogP contribution is -2.39. The Kier molecular flexibility index (Phi) is 9.55. The third-order valence-corrected chi connectivity index (χ3v) is 7.53. The Bertz CT molecular complexity index is 1560. The zero-order valence-corrected chi connectivity index (χ0v) is 22.6. The highest BCUT2D eigenvalue weighted by molar-refractivity contribution is 7.92. The molecule has 0 fully saturated rings. The average Bonchev–Trinajstić information content (AvgIpc) is 3.49. The van der Waals surface area contributed by atoms with Gasteiger partial charge in [0.05, 0.1) is 34.6 Å². The van der Waals surface area contributed by atoms with Gasteiger partial charge in [-0.1, -0.05) is 41.9 Å². The van der Waals surface area contributed by atoms with Gasteiger partial charge in [-0.15, -0.1) is 0 Å². The van der Waals surface area contributed by atoms with Gasteiger partial charge >= 0.3 is 0 Å². The van der Waals surface area contributed by atoms with E-state index in [1.807, 2.05) is 0 Å². The Morgan fingerprint density at radius 1 is 0.925 bits per heavy atom. The first-order valence-corrected chi connectivity index (χ1v) is 13.8. The summed E-state index contributed by atoms with van der Waals surface area (Å²) in [4.78, 5) is 24.6. The molecule has 0 saturated heterocycles. The number of hydrogen-bond acceptors (Lipinski definition) is 7. The highest BCUT2D eigenvalue weighted by Gasteiger charge is 2.28. The topological polar surface area (TPSA) is 130 Å². The summed E-state index contributed by atoms with van der Waals surface area (Å²) >= 11 is 6.27. The maximum atomic E-state index is 13.3. The minimum absolute atomic E-state index is 0.0172. The number of sulfonamides is 1. The van der Waals surface area contributed by atoms with Crippen LogP contribution >= 0.6 is 11.6 Å². The number of halogens is 1. The zero-order chi connectivity index (χ0) is 28.4. The molecule has 0 saturated carbocycles. The predicted molar refractivity (Wildman–Crippen MR) is 151 cm³/mol. The molecular formula is C28H25ClN4O6S. The van der Waals surface area contributed by atoms with Crippen LogP contribution in [-0.2, 0) is 26.2 Å². The van der Waals surface area contributed by atoms with Crippen LogP contribution in [0.2, 0.25) is 5.02 Å². The molecular weight excluding hydrogens is 556 g/mol. The Hall–Kier alpha value is -4.61. The Morgan fingerprint density at radius 3 is 2.35 bits per heavy atom. The number of carbonyl (C=O) groups excluding carboxylic acids is 2. The minimum Gasteiger partial charge on any atom is -0.484 e. The quantitative estimate of drug-likeness (QED) is 0.193. The number of hydrazone groups is 1. The van der Waals surface area contributed by atoms with Gasteiger partial charge < -0.3 is 14.5 Å². The molecule has 12 heteroatoms. The molecule has 1 heterocycles. The van der Waals surface area contributed by atoms with Crippen molar-refractivity contribution < 1.29 is 27.2 Å². The Morgan fingerprint density at radius 2 is 1.65 bits per heavy atom. The number of hydrogen-bond donors (Lipinski definition) is 2. The monoisotopic (exact) mass is 580 g/mol. The summed E-state index contributed by atoms with van der Waals surface area (Å²) < 4.78 is 38.2. The lowest BCUT2D eigenvalue weighted by molar-refractivity contribution is -0.123. The number of amides is 2. The van der Waals surface area contributed by atoms with Gasteiger partial charge in [0.15, 0.2) is 6.61 Å². The van der Waals surface area contributed by atoms with E-state index in [0.717, 1.165) is 4.31 Å². The fraction of sp³-hybridized carbons (Fsp3) is 0.107. The lowest BCUT2D eigenvalue weighted by Gasteiger charge is -2.24. The van der Waals surface area contributed by atoms with Gasteiger partial charge in [0.25, 0.3) is 21.8 Å². The second-order valence-corrected chi connectivity index (χ2v) is 10.6. The molecule has 0 atom stereocenters. The molecule has 40 heavy (non-hydrogen) atoms. The molecule has 2 amide bonds. The molecule has 0 spiro atoms. The highest BCUT2D eigenvalue weighted by Crippen LogP contribution is 2.30. The van der Waals surface area contributed by atoms with E-state index in [4.69, 9.17) is 20.8 Å². The largest absolute Gasteiger partial charge is 0.484 e. The molecule has 2 N–H and O–H groups in total. The minimum atomic E-state index is -4.09. The number of carbonyl (C=O) groups is 2. The zero-order valence-electron chi connectivity index (χ0n) is 21.1. The Balaban J connectivity index is 1.33. The standard InChI is InChI=1S/C28H25ClN4O6S/c29-25-10-4-5-11-26(25)33(40(36,37)24-8-2-1-3-9-24)19-27(34)32-31-17-21-12-14-22(15-13-21)39-20-28(35)30-18-23-7-6-16-38-23/h1-17H,18-20H2,(H,30,35)(H,32,34)/b31-17+. The molecule has 0 bridgehead atoms. The molecule has 0 radical (unpaired) electrons. The number of nitrogens with one attached hydrogen (secondary N) is 2. The first-order valence-electron chi connectivity index (χ1n) is 12.0. The lowest BCUT2D eigenvalue weighted by atomic mass is 10.2. The van der Waals surface area contributed by atoms with E-state index in [-0.39, 0.29) is 34.7 Å². The van der Waals surface area contributed by atoms with Crippen molar-refractivity contribution in [2.45, 2.75) is 11.4 Å². The van der Waals surface area contributed by atoms with Crippen molar-refractivity contribution in [3.05, 3.63) is 114 Å². The van der Waals surface area contributed by atoms with Crippen LogP contribution < -0.4 is 19.8 Å². The molecule has 0 aliphatic carbocycles. The maximum Gasteiger partial charge on any atom is 0.264 e. The van der Waals surface area contributed by atoms with Crippen molar-refractivity contribution in [1.29, 1.82) is 0 Å². The van der Waals surface area contributed by atoms with E-state index >= 15 is 0 Å². The second-order valence-electron chi connectivity index (χ2n) is 8.28. The molecule has 1 aromatic heterocycles. The molecule has 4 aromatic rings. The van der Waals surface area contributed by atoms with Crippen molar-refractivity contribution in [3.8, 4) is 5.75 Å². The second kappa shape index (κ2) is 13.5. The first kappa shape index (κ1) is 28.4. The van der Waals surface area contributed by atoms with Gasteiger partial charge in [0, 0.05) is 0 Å². The van der Waals surface area contributed by atoms with Crippen molar-refractivity contribution >= 4 is 45.3 Å². The van der Waals surface area contributed by atoms with E-state index in [9.17, 15) is 18.0 Å². The van der Waals surface area contributed by atoms with Crippen LogP contribution in [0.15, 0.2) is 112 Å². The SMILES string of the molecule is O=C(COc1ccc(/C=N/NC(=O)CN(c2ccccc2Cl)S(=O)(=O)c2ccccc2)cc1)NCc1ccco1. The van der Waals surface area contributed by atoms with Crippen LogP contribution in [0.3, 0.4) is 0 Å². The number of para-hydroxylation sites is 1. The molecule has 4 rings (SSSR count). The summed E-state index contributed by atoms with van der Waals surface area (Å²) in [5, 5.41) is 6.78. The summed E-state index contributed by atoms with van der Waals surface area (Å²) in [6, 6.07) is 24.3. The van der Waals surface area contributed by atoms with Crippen LogP contribution in [0.25, 0.3) is 0 Å². The van der Waals surface area contributed by atoms with Crippen LogP contribution in [-0.4, -0.2) is 39.6 Å². The summed E-state index contributed by atoms with van der Waals surface area (Å²) in [6.45, 7) is -0.449. The van der Waals surface area contributed by atoms with E-state index in [2.05, 4.69) is 15.8 Å². The van der Waals surface area contributed by atoms with Crippen LogP contribution in [0.5, 0.6) is 5.75 Å². The number of rotatable bonds is 12. The van der Waals surface area contributed by atoms with Crippen LogP contribution in [0.1, 0.15) is 11.3 Å². The van der Waals surface area contributed by atoms with Gasteiger partial charge in [-0.05, 0) is 66.2 Å². The fourth-order valence-corrected chi connectivity index (χ4v) is 5.22. The summed E-state index contributed by atoms with van der Waals surface area (Å²) in [5.74, 6) is 0.135. The van der Waals surface area contributed by atoms with Gasteiger partial charge in [-0.25, -0.2) is 13.8 Å². The number of benzene rings is 3. The fourth-order valence-electron chi connectivity index (χ4n) is 3.47. The summed E-state index contributed by atoms with van der Waals surface area (Å²) in [5.41, 5.74) is 3.14. The molecule has 0 aliphatic heterocycles. The normalized spacial score (nSPS) is 11.2. The highest BCUT2D eigenvalue weighted by atomic mass is 35.5. The van der Waals surface area contributed by atoms with E-state index in [1.165, 1.54) is 30.7 Å². The Labute approximate surface area is 236 Å². The number of ether oxygens (including phenoxy) is 1. The third kappa shape index (κ3) is 7.71. The van der Waals surface area contributed by atoms with Crippen molar-refractivity contribution in [3.63, 3.8) is 0 Å². The first-order chi connectivity index (χ1) is 19.3. The predicted octanol–water partition coefficient (Wildman–Crippen LogP) is 3.97. The summed E-state index contributed by atoms with van der Waals surface area (Å²) in [7, 11) is -4.09. The van der Waals surface area contributed by atoms with Crippen LogP contribution in [0.4, 0.5) is 5.69 Å². The summed E-state index contributed by atoms with van der Waals surface area (Å²) in [6.07, 6.45) is 2.92. The van der Waals surface area contributed by atoms with Crippen molar-refractivity contribution in [2.24, 2.45) is 5.10 Å². The molecule has 206 valence electrons. The third-order valence-electron chi connectivity index (χ3n) is 5.43. The molecule has 10 nitrogen and oxygen atoms in total. The number of nitrogens with zero attached hydrogens (tertiary/aromatic N) is 2. The van der Waals surface area contributed by atoms with Crippen LogP contribution in [0, 0.1) is 0 Å². The smallest absolute Gasteiger partial charge is 0.264 e.